The minimum absolute atomic E-state index is 0.131. The molecule has 22 heavy (non-hydrogen) atoms. The van der Waals surface area contributed by atoms with Crippen LogP contribution in [-0.2, 0) is 11.8 Å². The highest BCUT2D eigenvalue weighted by molar-refractivity contribution is 5.62. The van der Waals surface area contributed by atoms with Gasteiger partial charge in [-0.05, 0) is 38.1 Å². The van der Waals surface area contributed by atoms with E-state index in [0.29, 0.717) is 30.9 Å². The minimum atomic E-state index is -2.24. The Hall–Kier alpha value is -1.52. The molecule has 0 amide bonds. The Labute approximate surface area is 134 Å². The van der Waals surface area contributed by atoms with Gasteiger partial charge in [0.1, 0.15) is 12.2 Å². The van der Waals surface area contributed by atoms with Crippen molar-refractivity contribution in [1.82, 2.24) is 4.90 Å². The van der Waals surface area contributed by atoms with Crippen LogP contribution in [0.2, 0.25) is 0 Å². The molecular formula is C18H21NO3. The number of rotatable bonds is 1. The summed E-state index contributed by atoms with van der Waals surface area (Å²) in [6, 6.07) is 3.66. The Bertz CT molecular complexity index is 828. The topological polar surface area (TPSA) is 41.9 Å². The smallest absolute Gasteiger partial charge is 0.165 e. The van der Waals surface area contributed by atoms with Crippen LogP contribution in [0.4, 0.5) is 0 Å². The summed E-state index contributed by atoms with van der Waals surface area (Å²) in [5.41, 5.74) is 0.714. The summed E-state index contributed by atoms with van der Waals surface area (Å²) < 4.78 is 38.4. The van der Waals surface area contributed by atoms with Crippen molar-refractivity contribution < 1.29 is 18.7 Å². The van der Waals surface area contributed by atoms with Crippen molar-refractivity contribution in [2.24, 2.45) is 5.89 Å². The number of likely N-dealkylation sites (N-methyl/N-ethyl adjacent to an activating group) is 1. The quantitative estimate of drug-likeness (QED) is 0.798. The van der Waals surface area contributed by atoms with Crippen molar-refractivity contribution in [3.05, 3.63) is 35.4 Å². The summed E-state index contributed by atoms with van der Waals surface area (Å²) >= 11 is 0. The Kier molecular flexibility index (Phi) is 1.90. The first-order chi connectivity index (χ1) is 11.7. The van der Waals surface area contributed by atoms with Crippen molar-refractivity contribution in [2.75, 3.05) is 20.7 Å². The maximum Gasteiger partial charge on any atom is 0.165 e. The molecule has 4 aliphatic rings. The molecule has 1 aromatic rings. The predicted molar refractivity (Wildman–Crippen MR) is 82.5 cm³/mol. The number of benzene rings is 1. The zero-order chi connectivity index (χ0) is 17.8. The first kappa shape index (κ1) is 10.3. The molecule has 0 radical (unpaired) electrons. The number of nitrogens with zero attached hydrogens (tertiary/aromatic N) is 1. The summed E-state index contributed by atoms with van der Waals surface area (Å²) in [6.45, 7) is 0.690. The molecule has 1 N–H and O–H groups in total. The number of methoxy groups -OCH3 is 1. The Morgan fingerprint density at radius 3 is 3.14 bits per heavy atom. The fourth-order valence-corrected chi connectivity index (χ4v) is 4.73. The van der Waals surface area contributed by atoms with Gasteiger partial charge in [0.15, 0.2) is 11.5 Å². The molecular weight excluding hydrogens is 278 g/mol. The number of likely N-dealkylation sites (tertiary alicyclic amines) is 1. The van der Waals surface area contributed by atoms with Gasteiger partial charge in [0.05, 0.1) is 9.85 Å². The van der Waals surface area contributed by atoms with Crippen LogP contribution in [0.15, 0.2) is 24.3 Å². The van der Waals surface area contributed by atoms with Gasteiger partial charge in [-0.25, -0.2) is 0 Å². The zero-order valence-electron chi connectivity index (χ0n) is 15.7. The third-order valence-corrected chi connectivity index (χ3v) is 5.74. The average molecular weight is 302 g/mol. The third kappa shape index (κ3) is 1.28. The van der Waals surface area contributed by atoms with E-state index in [9.17, 15) is 6.48 Å². The van der Waals surface area contributed by atoms with Crippen LogP contribution in [0.5, 0.6) is 11.5 Å². The molecule has 2 aliphatic heterocycles. The van der Waals surface area contributed by atoms with Crippen LogP contribution in [-0.4, -0.2) is 48.9 Å². The molecule has 2 unspecified atom stereocenters. The fourth-order valence-electron chi connectivity index (χ4n) is 4.73. The lowest BCUT2D eigenvalue weighted by atomic mass is 9.53. The van der Waals surface area contributed by atoms with E-state index in [2.05, 4.69) is 4.90 Å². The van der Waals surface area contributed by atoms with Gasteiger partial charge >= 0.3 is 0 Å². The number of hydrogen-bond acceptors (Lipinski definition) is 4. The highest BCUT2D eigenvalue weighted by Gasteiger charge is 2.64. The van der Waals surface area contributed by atoms with E-state index in [0.717, 1.165) is 11.1 Å². The summed E-state index contributed by atoms with van der Waals surface area (Å²) in [5.74, 6) is -0.228. The van der Waals surface area contributed by atoms with Crippen LogP contribution < -0.4 is 9.47 Å². The molecule has 1 fully saturated rings. The second-order valence-corrected chi connectivity index (χ2v) is 6.59. The van der Waals surface area contributed by atoms with Crippen molar-refractivity contribution in [3.63, 3.8) is 0 Å². The van der Waals surface area contributed by atoms with Gasteiger partial charge in [0.2, 0.25) is 0 Å². The first-order valence-electron chi connectivity index (χ1n) is 9.24. The van der Waals surface area contributed by atoms with E-state index in [1.54, 1.807) is 6.08 Å². The lowest BCUT2D eigenvalue weighted by Crippen LogP contribution is -2.64. The molecule has 0 saturated carbocycles. The maximum absolute atomic E-state index is 10.8. The van der Waals surface area contributed by atoms with Crippen LogP contribution in [0.25, 0.3) is 0 Å². The van der Waals surface area contributed by atoms with Gasteiger partial charge in [-0.2, -0.15) is 0 Å². The van der Waals surface area contributed by atoms with Gasteiger partial charge < -0.3 is 19.5 Å². The number of hydrogen-bond donors (Lipinski definition) is 1. The third-order valence-electron chi connectivity index (χ3n) is 5.74. The summed E-state index contributed by atoms with van der Waals surface area (Å²) in [6.07, 6.45) is -0.173. The molecule has 4 heteroatoms. The molecule has 5 rings (SSSR count). The van der Waals surface area contributed by atoms with Crippen LogP contribution in [0.3, 0.4) is 0 Å². The predicted octanol–water partition coefficient (Wildman–Crippen LogP) is 1.50. The monoisotopic (exact) mass is 302 g/mol. The fraction of sp³-hybridized carbons (Fsp3) is 0.556. The van der Waals surface area contributed by atoms with Crippen molar-refractivity contribution >= 4 is 0 Å². The second kappa shape index (κ2) is 4.06. The highest BCUT2D eigenvalue weighted by Crippen LogP contribution is 2.62. The Morgan fingerprint density at radius 1 is 1.45 bits per heavy atom. The van der Waals surface area contributed by atoms with E-state index in [1.165, 1.54) is 13.2 Å². The largest absolute Gasteiger partial charge is 0.493 e. The summed E-state index contributed by atoms with van der Waals surface area (Å²) in [5, 5.41) is 10.8. The van der Waals surface area contributed by atoms with Crippen LogP contribution in [0, 0.1) is 5.89 Å². The van der Waals surface area contributed by atoms with Gasteiger partial charge in [-0.1, -0.05) is 18.2 Å². The zero-order valence-corrected chi connectivity index (χ0v) is 12.7. The molecule has 1 aromatic carbocycles. The van der Waals surface area contributed by atoms with Gasteiger partial charge in [-0.15, -0.1) is 0 Å². The highest BCUT2D eigenvalue weighted by atomic mass is 16.5. The van der Waals surface area contributed by atoms with E-state index in [4.69, 9.17) is 12.2 Å². The van der Waals surface area contributed by atoms with Gasteiger partial charge in [-0.3, -0.25) is 0 Å². The lowest BCUT2D eigenvalue weighted by Gasteiger charge is -2.56. The van der Waals surface area contributed by atoms with E-state index in [-0.39, 0.29) is 6.04 Å². The van der Waals surface area contributed by atoms with Gasteiger partial charge in [0.25, 0.3) is 0 Å². The number of ether oxygens (including phenoxy) is 2. The normalized spacial score (nSPS) is 53.0. The van der Waals surface area contributed by atoms with Gasteiger partial charge in [0, 0.05) is 24.3 Å². The van der Waals surface area contributed by atoms with Crippen LogP contribution in [0.1, 0.15) is 21.7 Å². The second-order valence-electron chi connectivity index (χ2n) is 6.59. The Morgan fingerprint density at radius 2 is 2.32 bits per heavy atom. The van der Waals surface area contributed by atoms with E-state index < -0.39 is 23.5 Å². The van der Waals surface area contributed by atoms with Crippen molar-refractivity contribution in [1.29, 1.82) is 0 Å². The Balaban J connectivity index is 1.93. The molecule has 2 heterocycles. The van der Waals surface area contributed by atoms with Crippen LogP contribution >= 0.6 is 0 Å². The molecule has 2 bridgehead atoms. The number of aliphatic hydroxyl groups is 1. The average Bonchev–Trinajstić information content (AvgIpc) is 2.85. The summed E-state index contributed by atoms with van der Waals surface area (Å²) in [7, 11) is 3.54. The molecule has 5 atom stereocenters. The molecule has 4 nitrogen and oxygen atoms in total. The standard InChI is InChI=1S/C18H21NO3/c1-19-8-7-18-11-4-5-13(20)17(18)22-16-14(21-2)6-3-10(15(16)18)9-12(11)19/h3-6,11-13,17,20H,7-9H2,1-2H3/t11-,12+,13?,17?,18-/m0/s1/i11D,13D,17D. The maximum atomic E-state index is 10.8. The SMILES string of the molecule is [2H]C1(O)C=C[C@@]2([2H])[C@H]3Cc4ccc(OC)c5c4[C@@]2(CCN3C)C1([2H])O5. The van der Waals surface area contributed by atoms with Crippen molar-refractivity contribution in [3.8, 4) is 11.5 Å². The molecule has 1 spiro atoms. The van der Waals surface area contributed by atoms with E-state index >= 15 is 0 Å². The molecule has 1 saturated heterocycles. The molecule has 0 aromatic heterocycles. The first-order valence-corrected chi connectivity index (χ1v) is 7.74. The molecule has 2 aliphatic carbocycles. The summed E-state index contributed by atoms with van der Waals surface area (Å²) in [4.78, 5) is 2.16. The number of piperidine rings is 1. The molecule has 116 valence electrons. The van der Waals surface area contributed by atoms with E-state index in [1.807, 2.05) is 19.2 Å². The minimum Gasteiger partial charge on any atom is -0.493 e. The lowest BCUT2D eigenvalue weighted by molar-refractivity contribution is -0.0453. The van der Waals surface area contributed by atoms with Crippen molar-refractivity contribution in [2.45, 2.75) is 36.5 Å².